The Hall–Kier alpha value is -3.71. The van der Waals surface area contributed by atoms with Gasteiger partial charge in [0.05, 0.1) is 4.92 Å². The van der Waals surface area contributed by atoms with E-state index in [1.54, 1.807) is 24.3 Å². The van der Waals surface area contributed by atoms with E-state index in [4.69, 9.17) is 16.0 Å². The summed E-state index contributed by atoms with van der Waals surface area (Å²) < 4.78 is 5.72. The van der Waals surface area contributed by atoms with Gasteiger partial charge in [0.15, 0.2) is 5.58 Å². The number of amides is 1. The minimum absolute atomic E-state index is 0.0239. The first-order valence-corrected chi connectivity index (χ1v) is 8.60. The Morgan fingerprint density at radius 2 is 1.82 bits per heavy atom. The maximum atomic E-state index is 12.4. The smallest absolute Gasteiger partial charge is 0.288 e. The lowest BCUT2D eigenvalue weighted by Gasteiger charge is -2.06. The number of nitrogens with one attached hydrogen (secondary N) is 1. The van der Waals surface area contributed by atoms with Crippen LogP contribution in [0.3, 0.4) is 0 Å². The van der Waals surface area contributed by atoms with Crippen LogP contribution in [0.4, 0.5) is 11.4 Å². The molecule has 0 radical (unpaired) electrons. The fourth-order valence-electron chi connectivity index (χ4n) is 2.69. The molecule has 0 fully saturated rings. The first-order valence-electron chi connectivity index (χ1n) is 8.22. The first kappa shape index (κ1) is 17.7. The predicted octanol–water partition coefficient (Wildman–Crippen LogP) is 5.31. The van der Waals surface area contributed by atoms with Crippen LogP contribution in [0.1, 0.15) is 10.4 Å². The molecule has 1 N–H and O–H groups in total. The first-order chi connectivity index (χ1) is 13.5. The van der Waals surface area contributed by atoms with Crippen molar-refractivity contribution in [2.45, 2.75) is 0 Å². The lowest BCUT2D eigenvalue weighted by Crippen LogP contribution is -2.12. The van der Waals surface area contributed by atoms with Crippen molar-refractivity contribution < 1.29 is 14.1 Å². The zero-order valence-electron chi connectivity index (χ0n) is 14.3. The Labute approximate surface area is 163 Å². The molecule has 0 aliphatic rings. The molecular formula is C20H12ClN3O4. The van der Waals surface area contributed by atoms with Crippen LogP contribution in [-0.2, 0) is 0 Å². The van der Waals surface area contributed by atoms with Crippen LogP contribution in [0.2, 0.25) is 5.02 Å². The molecule has 1 aromatic heterocycles. The number of carbonyl (C=O) groups is 1. The molecule has 0 saturated heterocycles. The van der Waals surface area contributed by atoms with E-state index in [0.717, 1.165) is 17.1 Å². The molecule has 4 aromatic rings. The molecule has 0 saturated carbocycles. The van der Waals surface area contributed by atoms with Gasteiger partial charge in [0, 0.05) is 22.9 Å². The van der Waals surface area contributed by atoms with Gasteiger partial charge in [-0.1, -0.05) is 23.7 Å². The van der Waals surface area contributed by atoms with E-state index in [9.17, 15) is 14.9 Å². The average Bonchev–Trinajstić information content (AvgIpc) is 3.13. The second-order valence-electron chi connectivity index (χ2n) is 5.94. The summed E-state index contributed by atoms with van der Waals surface area (Å²) in [5.41, 5.74) is 2.57. The summed E-state index contributed by atoms with van der Waals surface area (Å²) in [7, 11) is 0. The fraction of sp³-hybridized carbons (Fsp3) is 0. The van der Waals surface area contributed by atoms with Gasteiger partial charge in [-0.15, -0.1) is 0 Å². The summed E-state index contributed by atoms with van der Waals surface area (Å²) in [6.07, 6.45) is 0. The van der Waals surface area contributed by atoms with Gasteiger partial charge in [-0.05, 0) is 48.5 Å². The van der Waals surface area contributed by atoms with Crippen LogP contribution < -0.4 is 5.32 Å². The van der Waals surface area contributed by atoms with Crippen molar-refractivity contribution >= 4 is 40.0 Å². The topological polar surface area (TPSA) is 98.3 Å². The maximum absolute atomic E-state index is 12.4. The highest BCUT2D eigenvalue weighted by molar-refractivity contribution is 6.32. The van der Waals surface area contributed by atoms with Crippen LogP contribution in [0.15, 0.2) is 71.1 Å². The lowest BCUT2D eigenvalue weighted by atomic mass is 10.1. The van der Waals surface area contributed by atoms with Crippen molar-refractivity contribution in [2.75, 3.05) is 5.32 Å². The van der Waals surface area contributed by atoms with E-state index in [2.05, 4.69) is 10.3 Å². The minimum atomic E-state index is -0.631. The number of hydrogen-bond acceptors (Lipinski definition) is 5. The zero-order valence-corrected chi connectivity index (χ0v) is 15.0. The summed E-state index contributed by atoms with van der Waals surface area (Å²) in [6.45, 7) is 0. The van der Waals surface area contributed by atoms with Crippen molar-refractivity contribution in [3.05, 3.63) is 87.4 Å². The molecule has 7 nitrogen and oxygen atoms in total. The average molecular weight is 394 g/mol. The quantitative estimate of drug-likeness (QED) is 0.374. The van der Waals surface area contributed by atoms with Crippen molar-refractivity contribution in [1.82, 2.24) is 4.98 Å². The Bertz CT molecular complexity index is 1170. The van der Waals surface area contributed by atoms with E-state index in [1.165, 1.54) is 12.1 Å². The summed E-state index contributed by atoms with van der Waals surface area (Å²) in [6, 6.07) is 18.3. The van der Waals surface area contributed by atoms with Crippen LogP contribution in [-0.4, -0.2) is 15.8 Å². The minimum Gasteiger partial charge on any atom is -0.436 e. The number of nitro benzene ring substituents is 1. The Kier molecular flexibility index (Phi) is 4.50. The van der Waals surface area contributed by atoms with Gasteiger partial charge in [-0.3, -0.25) is 14.9 Å². The monoisotopic (exact) mass is 393 g/mol. The molecule has 0 aliphatic carbocycles. The molecule has 1 amide bonds. The SMILES string of the molecule is O=C(Nc1ccc(-c2nc3ccccc3o2)cc1)c1ccc(Cl)c([N+](=O)[O-])c1. The normalized spacial score (nSPS) is 10.8. The Morgan fingerprint density at radius 3 is 2.54 bits per heavy atom. The largest absolute Gasteiger partial charge is 0.436 e. The number of benzene rings is 3. The van der Waals surface area contributed by atoms with E-state index < -0.39 is 10.8 Å². The third kappa shape index (κ3) is 3.43. The van der Waals surface area contributed by atoms with Gasteiger partial charge >= 0.3 is 0 Å². The Morgan fingerprint density at radius 1 is 1.07 bits per heavy atom. The van der Waals surface area contributed by atoms with Gasteiger partial charge in [0.2, 0.25) is 5.89 Å². The number of aromatic nitrogens is 1. The van der Waals surface area contributed by atoms with Gasteiger partial charge in [0.1, 0.15) is 10.5 Å². The number of carbonyl (C=O) groups excluding carboxylic acids is 1. The maximum Gasteiger partial charge on any atom is 0.288 e. The standard InChI is InChI=1S/C20H12ClN3O4/c21-15-10-7-13(11-17(15)24(26)27)19(25)22-14-8-5-12(6-9-14)20-23-16-3-1-2-4-18(16)28-20/h1-11H,(H,22,25). The van der Waals surface area contributed by atoms with E-state index in [0.29, 0.717) is 17.2 Å². The summed E-state index contributed by atoms with van der Waals surface area (Å²) >= 11 is 5.77. The second-order valence-corrected chi connectivity index (χ2v) is 6.35. The molecule has 0 unspecified atom stereocenters. The van der Waals surface area contributed by atoms with Gasteiger partial charge in [-0.2, -0.15) is 0 Å². The predicted molar refractivity (Wildman–Crippen MR) is 106 cm³/mol. The summed E-state index contributed by atoms with van der Waals surface area (Å²) in [5.74, 6) is 0.00165. The summed E-state index contributed by atoms with van der Waals surface area (Å²) in [5, 5.41) is 13.6. The molecule has 0 atom stereocenters. The van der Waals surface area contributed by atoms with Crippen LogP contribution in [0.25, 0.3) is 22.6 Å². The highest BCUT2D eigenvalue weighted by Crippen LogP contribution is 2.27. The molecule has 0 spiro atoms. The molecule has 0 aliphatic heterocycles. The second kappa shape index (κ2) is 7.13. The van der Waals surface area contributed by atoms with E-state index >= 15 is 0 Å². The molecule has 138 valence electrons. The highest BCUT2D eigenvalue weighted by Gasteiger charge is 2.16. The van der Waals surface area contributed by atoms with Gasteiger partial charge in [-0.25, -0.2) is 4.98 Å². The summed E-state index contributed by atoms with van der Waals surface area (Å²) in [4.78, 5) is 27.1. The number of oxazole rings is 1. The van der Waals surface area contributed by atoms with Crippen molar-refractivity contribution in [2.24, 2.45) is 0 Å². The molecule has 1 heterocycles. The number of rotatable bonds is 4. The Balaban J connectivity index is 1.54. The third-order valence-electron chi connectivity index (χ3n) is 4.09. The number of fused-ring (bicyclic) bond motifs is 1. The third-order valence-corrected chi connectivity index (χ3v) is 4.41. The van der Waals surface area contributed by atoms with Crippen molar-refractivity contribution in [3.8, 4) is 11.5 Å². The zero-order chi connectivity index (χ0) is 19.7. The van der Waals surface area contributed by atoms with E-state index in [1.807, 2.05) is 24.3 Å². The van der Waals surface area contributed by atoms with Crippen LogP contribution >= 0.6 is 11.6 Å². The van der Waals surface area contributed by atoms with Gasteiger partial charge < -0.3 is 9.73 Å². The van der Waals surface area contributed by atoms with Crippen LogP contribution in [0.5, 0.6) is 0 Å². The molecular weight excluding hydrogens is 382 g/mol. The number of halogens is 1. The van der Waals surface area contributed by atoms with E-state index in [-0.39, 0.29) is 16.3 Å². The lowest BCUT2D eigenvalue weighted by molar-refractivity contribution is -0.384. The highest BCUT2D eigenvalue weighted by atomic mass is 35.5. The molecule has 0 bridgehead atoms. The number of hydrogen-bond donors (Lipinski definition) is 1. The van der Waals surface area contributed by atoms with Crippen molar-refractivity contribution in [1.29, 1.82) is 0 Å². The van der Waals surface area contributed by atoms with Crippen LogP contribution in [0, 0.1) is 10.1 Å². The fourth-order valence-corrected chi connectivity index (χ4v) is 2.88. The number of nitro groups is 1. The number of nitrogens with zero attached hydrogens (tertiary/aromatic N) is 2. The molecule has 4 rings (SSSR count). The van der Waals surface area contributed by atoms with Gasteiger partial charge in [0.25, 0.3) is 11.6 Å². The molecule has 8 heteroatoms. The number of para-hydroxylation sites is 2. The van der Waals surface area contributed by atoms with Crippen molar-refractivity contribution in [3.63, 3.8) is 0 Å². The number of anilines is 1. The molecule has 3 aromatic carbocycles. The molecule has 28 heavy (non-hydrogen) atoms.